The van der Waals surface area contributed by atoms with E-state index in [1.807, 2.05) is 11.3 Å². The maximum Gasteiger partial charge on any atom is 0.191 e. The Morgan fingerprint density at radius 1 is 1.50 bits per heavy atom. The number of hydrogen-bond donors (Lipinski definition) is 2. The highest BCUT2D eigenvalue weighted by Crippen LogP contribution is 2.20. The molecule has 1 atom stereocenters. The minimum Gasteiger partial charge on any atom is -0.357 e. The van der Waals surface area contributed by atoms with Gasteiger partial charge in [-0.05, 0) is 57.5 Å². The molecule has 1 aromatic rings. The summed E-state index contributed by atoms with van der Waals surface area (Å²) in [6.45, 7) is 11.7. The molecule has 0 saturated carbocycles. The molecule has 4 nitrogen and oxygen atoms in total. The van der Waals surface area contributed by atoms with E-state index in [9.17, 15) is 0 Å². The van der Waals surface area contributed by atoms with Crippen LogP contribution in [-0.2, 0) is 6.54 Å². The second-order valence-corrected chi connectivity index (χ2v) is 7.37. The Labute approximate surface area is 139 Å². The third kappa shape index (κ3) is 5.97. The van der Waals surface area contributed by atoms with Crippen molar-refractivity contribution in [3.05, 3.63) is 22.4 Å². The molecule has 2 heterocycles. The molecule has 22 heavy (non-hydrogen) atoms. The third-order valence-corrected chi connectivity index (χ3v) is 4.70. The number of thiophene rings is 1. The molecule has 124 valence electrons. The molecule has 1 aliphatic heterocycles. The highest BCUT2D eigenvalue weighted by Gasteiger charge is 2.20. The first-order valence-electron chi connectivity index (χ1n) is 8.47. The largest absolute Gasteiger partial charge is 0.357 e. The highest BCUT2D eigenvalue weighted by molar-refractivity contribution is 7.09. The topological polar surface area (TPSA) is 39.7 Å². The minimum absolute atomic E-state index is 0.416. The van der Waals surface area contributed by atoms with Gasteiger partial charge in [0.1, 0.15) is 0 Å². The summed E-state index contributed by atoms with van der Waals surface area (Å²) in [6.07, 6.45) is 2.59. The molecule has 1 fully saturated rings. The summed E-state index contributed by atoms with van der Waals surface area (Å²) in [7, 11) is 0. The lowest BCUT2D eigenvalue weighted by molar-refractivity contribution is 0.172. The van der Waals surface area contributed by atoms with Crippen LogP contribution in [0.3, 0.4) is 0 Å². The lowest BCUT2D eigenvalue weighted by atomic mass is 9.98. The lowest BCUT2D eigenvalue weighted by Crippen LogP contribution is -2.42. The van der Waals surface area contributed by atoms with Gasteiger partial charge < -0.3 is 10.6 Å². The predicted molar refractivity (Wildman–Crippen MR) is 96.6 cm³/mol. The Kier molecular flexibility index (Phi) is 7.19. The van der Waals surface area contributed by atoms with Crippen molar-refractivity contribution in [1.29, 1.82) is 0 Å². The molecule has 5 heteroatoms. The van der Waals surface area contributed by atoms with Crippen molar-refractivity contribution in [1.82, 2.24) is 15.5 Å². The summed E-state index contributed by atoms with van der Waals surface area (Å²) in [6, 6.07) is 4.80. The number of guanidine groups is 1. The zero-order chi connectivity index (χ0) is 15.8. The zero-order valence-electron chi connectivity index (χ0n) is 14.1. The molecule has 1 saturated heterocycles. The molecule has 0 radical (unpaired) electrons. The van der Waals surface area contributed by atoms with Crippen LogP contribution < -0.4 is 10.6 Å². The van der Waals surface area contributed by atoms with Crippen molar-refractivity contribution in [2.75, 3.05) is 26.2 Å². The Balaban J connectivity index is 1.83. The fourth-order valence-corrected chi connectivity index (χ4v) is 3.63. The van der Waals surface area contributed by atoms with Crippen molar-refractivity contribution in [2.45, 2.75) is 46.2 Å². The summed E-state index contributed by atoms with van der Waals surface area (Å²) in [5.74, 6) is 1.63. The number of rotatable bonds is 6. The van der Waals surface area contributed by atoms with E-state index < -0.39 is 0 Å². The first-order valence-corrected chi connectivity index (χ1v) is 9.35. The van der Waals surface area contributed by atoms with Gasteiger partial charge in [0.05, 0.1) is 0 Å². The van der Waals surface area contributed by atoms with Gasteiger partial charge >= 0.3 is 0 Å². The summed E-state index contributed by atoms with van der Waals surface area (Å²) in [4.78, 5) is 8.83. The summed E-state index contributed by atoms with van der Waals surface area (Å²) in [5.41, 5.74) is 0. The Bertz CT molecular complexity index is 442. The maximum absolute atomic E-state index is 4.78. The molecule has 0 bridgehead atoms. The number of likely N-dealkylation sites (tertiary alicyclic amines) is 1. The number of aliphatic imine (C=N–C) groups is 1. The van der Waals surface area contributed by atoms with E-state index in [2.05, 4.69) is 53.8 Å². The van der Waals surface area contributed by atoms with E-state index in [1.54, 1.807) is 0 Å². The fraction of sp³-hybridized carbons (Fsp3) is 0.706. The van der Waals surface area contributed by atoms with Gasteiger partial charge in [-0.3, -0.25) is 9.89 Å². The number of nitrogens with zero attached hydrogens (tertiary/aromatic N) is 2. The molecule has 0 spiro atoms. The van der Waals surface area contributed by atoms with Crippen LogP contribution in [0.15, 0.2) is 22.5 Å². The molecule has 2 rings (SSSR count). The van der Waals surface area contributed by atoms with Crippen LogP contribution in [0.4, 0.5) is 0 Å². The number of hydrogen-bond acceptors (Lipinski definition) is 3. The van der Waals surface area contributed by atoms with Crippen molar-refractivity contribution < 1.29 is 0 Å². The van der Waals surface area contributed by atoms with E-state index in [0.717, 1.165) is 25.6 Å². The molecule has 1 aromatic heterocycles. The van der Waals surface area contributed by atoms with Crippen molar-refractivity contribution in [3.8, 4) is 0 Å². The van der Waals surface area contributed by atoms with Gasteiger partial charge in [0.25, 0.3) is 0 Å². The SMILES string of the molecule is CCNC(=NCC1CCCN(Cc2cccs2)C1)NC(C)C. The van der Waals surface area contributed by atoms with Crippen LogP contribution in [0.25, 0.3) is 0 Å². The van der Waals surface area contributed by atoms with Crippen molar-refractivity contribution in [3.63, 3.8) is 0 Å². The first-order chi connectivity index (χ1) is 10.7. The van der Waals surface area contributed by atoms with Crippen molar-refractivity contribution >= 4 is 17.3 Å². The Morgan fingerprint density at radius 3 is 3.05 bits per heavy atom. The van der Waals surface area contributed by atoms with Gasteiger partial charge in [-0.15, -0.1) is 11.3 Å². The standard InChI is InChI=1S/C17H30N4S/c1-4-18-17(20-14(2)3)19-11-15-7-5-9-21(12-15)13-16-8-6-10-22-16/h6,8,10,14-15H,4-5,7,9,11-13H2,1-3H3,(H2,18,19,20). The van der Waals surface area contributed by atoms with Gasteiger partial charge in [-0.1, -0.05) is 6.07 Å². The molecule has 1 aliphatic rings. The van der Waals surface area contributed by atoms with Crippen LogP contribution in [0, 0.1) is 5.92 Å². The van der Waals surface area contributed by atoms with E-state index >= 15 is 0 Å². The number of piperidine rings is 1. The molecule has 0 aliphatic carbocycles. The molecule has 2 N–H and O–H groups in total. The highest BCUT2D eigenvalue weighted by atomic mass is 32.1. The third-order valence-electron chi connectivity index (χ3n) is 3.84. The second-order valence-electron chi connectivity index (χ2n) is 6.34. The van der Waals surface area contributed by atoms with Gasteiger partial charge in [0.2, 0.25) is 0 Å². The van der Waals surface area contributed by atoms with Crippen LogP contribution in [0.5, 0.6) is 0 Å². The Morgan fingerprint density at radius 2 is 2.36 bits per heavy atom. The summed E-state index contributed by atoms with van der Waals surface area (Å²) >= 11 is 1.86. The lowest BCUT2D eigenvalue weighted by Gasteiger charge is -2.31. The molecule has 1 unspecified atom stereocenters. The molecule has 0 amide bonds. The molecular weight excluding hydrogens is 292 g/mol. The van der Waals surface area contributed by atoms with Crippen LogP contribution in [-0.4, -0.2) is 43.1 Å². The molecular formula is C17H30N4S. The normalized spacial score (nSPS) is 20.4. The van der Waals surface area contributed by atoms with Gasteiger partial charge in [0.15, 0.2) is 5.96 Å². The second kappa shape index (κ2) is 9.16. The van der Waals surface area contributed by atoms with Crippen LogP contribution in [0.2, 0.25) is 0 Å². The minimum atomic E-state index is 0.416. The average Bonchev–Trinajstić information content (AvgIpc) is 2.98. The quantitative estimate of drug-likeness (QED) is 0.625. The summed E-state index contributed by atoms with van der Waals surface area (Å²) < 4.78 is 0. The van der Waals surface area contributed by atoms with E-state index in [1.165, 1.54) is 30.8 Å². The average molecular weight is 323 g/mol. The van der Waals surface area contributed by atoms with E-state index in [0.29, 0.717) is 12.0 Å². The van der Waals surface area contributed by atoms with Crippen LogP contribution in [0.1, 0.15) is 38.5 Å². The van der Waals surface area contributed by atoms with Gasteiger partial charge in [-0.2, -0.15) is 0 Å². The smallest absolute Gasteiger partial charge is 0.191 e. The monoisotopic (exact) mass is 322 g/mol. The fourth-order valence-electron chi connectivity index (χ4n) is 2.88. The van der Waals surface area contributed by atoms with Gasteiger partial charge in [-0.25, -0.2) is 0 Å². The zero-order valence-corrected chi connectivity index (χ0v) is 15.0. The van der Waals surface area contributed by atoms with Crippen LogP contribution >= 0.6 is 11.3 Å². The summed E-state index contributed by atoms with van der Waals surface area (Å²) in [5, 5.41) is 8.89. The predicted octanol–water partition coefficient (Wildman–Crippen LogP) is 2.92. The van der Waals surface area contributed by atoms with E-state index in [4.69, 9.17) is 4.99 Å². The van der Waals surface area contributed by atoms with E-state index in [-0.39, 0.29) is 0 Å². The van der Waals surface area contributed by atoms with Gasteiger partial charge in [0, 0.05) is 37.1 Å². The molecule has 0 aromatic carbocycles. The first kappa shape index (κ1) is 17.3. The number of nitrogens with one attached hydrogen (secondary N) is 2. The maximum atomic E-state index is 4.78. The van der Waals surface area contributed by atoms with Crippen molar-refractivity contribution in [2.24, 2.45) is 10.9 Å². The Hall–Kier alpha value is -1.07.